The van der Waals surface area contributed by atoms with Crippen molar-refractivity contribution in [1.29, 1.82) is 0 Å². The lowest BCUT2D eigenvalue weighted by atomic mass is 9.99. The summed E-state index contributed by atoms with van der Waals surface area (Å²) in [5.74, 6) is 1.42. The van der Waals surface area contributed by atoms with E-state index in [1.165, 1.54) is 5.56 Å². The molecule has 1 aliphatic heterocycles. The Morgan fingerprint density at radius 3 is 2.26 bits per heavy atom. The van der Waals surface area contributed by atoms with Gasteiger partial charge in [0.15, 0.2) is 11.5 Å². The second-order valence-electron chi connectivity index (χ2n) is 6.56. The van der Waals surface area contributed by atoms with Crippen LogP contribution in [-0.2, 0) is 30.9 Å². The lowest BCUT2D eigenvalue weighted by molar-refractivity contribution is 0.185. The number of benzene rings is 2. The van der Waals surface area contributed by atoms with Crippen LogP contribution < -0.4 is 14.8 Å². The topological polar surface area (TPSA) is 60.0 Å². The Balaban J connectivity index is 1.60. The Hall–Kier alpha value is -2.73. The van der Waals surface area contributed by atoms with Crippen LogP contribution >= 0.6 is 0 Å². The van der Waals surface area contributed by atoms with Crippen LogP contribution in [0.2, 0.25) is 0 Å². The molecule has 3 rings (SSSR count). The fourth-order valence-electron chi connectivity index (χ4n) is 3.27. The fraction of sp³-hybridized carbons (Fsp3) is 0.381. The number of hydrogen-bond donors (Lipinski definition) is 1. The lowest BCUT2D eigenvalue weighted by Crippen LogP contribution is -2.42. The lowest BCUT2D eigenvalue weighted by Gasteiger charge is -2.29. The molecule has 0 aromatic heterocycles. The molecular formula is C21H26N2O4. The summed E-state index contributed by atoms with van der Waals surface area (Å²) in [6, 6.07) is 12.0. The number of carbonyl (C=O) groups is 1. The van der Waals surface area contributed by atoms with Gasteiger partial charge in [0.2, 0.25) is 0 Å². The maximum atomic E-state index is 12.6. The number of nitrogens with zero attached hydrogens (tertiary/aromatic N) is 1. The van der Waals surface area contributed by atoms with Crippen molar-refractivity contribution in [1.82, 2.24) is 10.2 Å². The van der Waals surface area contributed by atoms with Gasteiger partial charge < -0.3 is 24.4 Å². The van der Waals surface area contributed by atoms with Crippen LogP contribution in [0, 0.1) is 0 Å². The monoisotopic (exact) mass is 370 g/mol. The van der Waals surface area contributed by atoms with E-state index in [9.17, 15) is 4.79 Å². The number of urea groups is 1. The van der Waals surface area contributed by atoms with Crippen LogP contribution in [0.1, 0.15) is 22.3 Å². The zero-order valence-corrected chi connectivity index (χ0v) is 16.1. The fourth-order valence-corrected chi connectivity index (χ4v) is 3.27. The number of nitrogens with one attached hydrogen (secondary N) is 1. The summed E-state index contributed by atoms with van der Waals surface area (Å²) in [7, 11) is 4.93. The molecule has 2 aromatic rings. The molecule has 144 valence electrons. The van der Waals surface area contributed by atoms with Gasteiger partial charge >= 0.3 is 6.03 Å². The van der Waals surface area contributed by atoms with E-state index >= 15 is 0 Å². The molecule has 0 spiro atoms. The number of fused-ring (bicyclic) bond motifs is 1. The van der Waals surface area contributed by atoms with Crippen molar-refractivity contribution in [3.8, 4) is 11.5 Å². The van der Waals surface area contributed by atoms with E-state index in [1.54, 1.807) is 21.3 Å². The second kappa shape index (κ2) is 8.77. The van der Waals surface area contributed by atoms with Gasteiger partial charge in [0, 0.05) is 26.7 Å². The van der Waals surface area contributed by atoms with Gasteiger partial charge in [-0.25, -0.2) is 4.79 Å². The highest BCUT2D eigenvalue weighted by atomic mass is 16.5. The zero-order valence-electron chi connectivity index (χ0n) is 16.1. The zero-order chi connectivity index (χ0) is 19.2. The average molecular weight is 370 g/mol. The van der Waals surface area contributed by atoms with E-state index in [-0.39, 0.29) is 6.03 Å². The van der Waals surface area contributed by atoms with Crippen molar-refractivity contribution >= 4 is 6.03 Å². The van der Waals surface area contributed by atoms with Gasteiger partial charge in [-0.3, -0.25) is 0 Å². The number of rotatable bonds is 6. The van der Waals surface area contributed by atoms with Crippen molar-refractivity contribution < 1.29 is 19.0 Å². The van der Waals surface area contributed by atoms with Crippen molar-refractivity contribution in [2.45, 2.75) is 26.1 Å². The maximum Gasteiger partial charge on any atom is 0.317 e. The molecule has 0 saturated heterocycles. The Labute approximate surface area is 160 Å². The SMILES string of the molecule is COCc1ccc(CNC(=O)N2CCc3cc(OC)c(OC)cc3C2)cc1. The summed E-state index contributed by atoms with van der Waals surface area (Å²) in [5, 5.41) is 3.00. The van der Waals surface area contributed by atoms with Crippen LogP contribution in [0.25, 0.3) is 0 Å². The van der Waals surface area contributed by atoms with Gasteiger partial charge in [-0.1, -0.05) is 24.3 Å². The molecule has 0 bridgehead atoms. The van der Waals surface area contributed by atoms with Crippen LogP contribution in [0.5, 0.6) is 11.5 Å². The summed E-state index contributed by atoms with van der Waals surface area (Å²) < 4.78 is 15.9. The first kappa shape index (κ1) is 19.0. The molecule has 2 aromatic carbocycles. The van der Waals surface area contributed by atoms with Gasteiger partial charge in [-0.05, 0) is 40.8 Å². The Kier molecular flexibility index (Phi) is 6.19. The number of carbonyl (C=O) groups excluding carboxylic acids is 1. The highest BCUT2D eigenvalue weighted by molar-refractivity contribution is 5.74. The predicted octanol–water partition coefficient (Wildman–Crippen LogP) is 3.12. The van der Waals surface area contributed by atoms with Crippen LogP contribution in [0.4, 0.5) is 4.79 Å². The summed E-state index contributed by atoms with van der Waals surface area (Å²) >= 11 is 0. The smallest absolute Gasteiger partial charge is 0.317 e. The van der Waals surface area contributed by atoms with Crippen molar-refractivity contribution in [3.63, 3.8) is 0 Å². The Morgan fingerprint density at radius 2 is 1.63 bits per heavy atom. The number of hydrogen-bond acceptors (Lipinski definition) is 4. The minimum atomic E-state index is -0.0589. The second-order valence-corrected chi connectivity index (χ2v) is 6.56. The molecule has 0 aliphatic carbocycles. The quantitative estimate of drug-likeness (QED) is 0.849. The van der Waals surface area contributed by atoms with Crippen LogP contribution in [-0.4, -0.2) is 38.8 Å². The standard InChI is InChI=1S/C21H26N2O4/c1-25-14-16-6-4-15(5-7-16)12-22-21(24)23-9-8-17-10-19(26-2)20(27-3)11-18(17)13-23/h4-7,10-11H,8-9,12-14H2,1-3H3,(H,22,24). The minimum Gasteiger partial charge on any atom is -0.493 e. The van der Waals surface area contributed by atoms with E-state index in [0.29, 0.717) is 32.0 Å². The van der Waals surface area contributed by atoms with Gasteiger partial charge in [0.1, 0.15) is 0 Å². The third-order valence-electron chi connectivity index (χ3n) is 4.78. The summed E-state index contributed by atoms with van der Waals surface area (Å²) in [6.07, 6.45) is 0.800. The average Bonchev–Trinajstić information content (AvgIpc) is 2.71. The van der Waals surface area contributed by atoms with E-state index in [4.69, 9.17) is 14.2 Å². The number of ether oxygens (including phenoxy) is 3. The summed E-state index contributed by atoms with van der Waals surface area (Å²) in [4.78, 5) is 14.4. The molecule has 0 saturated carbocycles. The molecule has 6 heteroatoms. The number of methoxy groups -OCH3 is 3. The summed E-state index contributed by atoms with van der Waals surface area (Å²) in [5.41, 5.74) is 4.47. The van der Waals surface area contributed by atoms with Gasteiger partial charge in [0.05, 0.1) is 20.8 Å². The molecule has 0 fully saturated rings. The van der Waals surface area contributed by atoms with Gasteiger partial charge in [-0.2, -0.15) is 0 Å². The maximum absolute atomic E-state index is 12.6. The third-order valence-corrected chi connectivity index (χ3v) is 4.78. The Bertz CT molecular complexity index is 790. The third kappa shape index (κ3) is 4.52. The molecule has 0 atom stereocenters. The summed E-state index contributed by atoms with van der Waals surface area (Å²) in [6.45, 7) is 2.34. The van der Waals surface area contributed by atoms with Gasteiger partial charge in [-0.15, -0.1) is 0 Å². The van der Waals surface area contributed by atoms with E-state index in [2.05, 4.69) is 5.32 Å². The molecule has 0 unspecified atom stereocenters. The van der Waals surface area contributed by atoms with E-state index < -0.39 is 0 Å². The van der Waals surface area contributed by atoms with Crippen LogP contribution in [0.3, 0.4) is 0 Å². The molecule has 0 radical (unpaired) electrons. The molecule has 6 nitrogen and oxygen atoms in total. The molecule has 1 heterocycles. The van der Waals surface area contributed by atoms with Crippen molar-refractivity contribution in [2.24, 2.45) is 0 Å². The number of amides is 2. The normalized spacial score (nSPS) is 13.1. The largest absolute Gasteiger partial charge is 0.493 e. The van der Waals surface area contributed by atoms with E-state index in [0.717, 1.165) is 28.9 Å². The van der Waals surface area contributed by atoms with Gasteiger partial charge in [0.25, 0.3) is 0 Å². The molecule has 27 heavy (non-hydrogen) atoms. The minimum absolute atomic E-state index is 0.0589. The predicted molar refractivity (Wildman–Crippen MR) is 103 cm³/mol. The van der Waals surface area contributed by atoms with Crippen molar-refractivity contribution in [2.75, 3.05) is 27.9 Å². The molecule has 1 N–H and O–H groups in total. The molecular weight excluding hydrogens is 344 g/mol. The first-order chi connectivity index (χ1) is 13.1. The highest BCUT2D eigenvalue weighted by Crippen LogP contribution is 2.33. The highest BCUT2D eigenvalue weighted by Gasteiger charge is 2.22. The van der Waals surface area contributed by atoms with Crippen molar-refractivity contribution in [3.05, 3.63) is 58.7 Å². The Morgan fingerprint density at radius 1 is 1.00 bits per heavy atom. The first-order valence-corrected chi connectivity index (χ1v) is 8.98. The molecule has 1 aliphatic rings. The molecule has 2 amide bonds. The van der Waals surface area contributed by atoms with Crippen LogP contribution in [0.15, 0.2) is 36.4 Å². The van der Waals surface area contributed by atoms with E-state index in [1.807, 2.05) is 41.3 Å². The first-order valence-electron chi connectivity index (χ1n) is 8.98.